The zero-order chi connectivity index (χ0) is 17.3. The Morgan fingerprint density at radius 3 is 2.71 bits per heavy atom. The molecule has 1 spiro atoms. The highest BCUT2D eigenvalue weighted by Gasteiger charge is 2.52. The van der Waals surface area contributed by atoms with Gasteiger partial charge in [-0.25, -0.2) is 4.39 Å². The Morgan fingerprint density at radius 1 is 1.42 bits per heavy atom. The lowest BCUT2D eigenvalue weighted by Gasteiger charge is -2.38. The molecule has 2 unspecified atom stereocenters. The molecule has 7 heteroatoms. The molecule has 0 aromatic carbocycles. The summed E-state index contributed by atoms with van der Waals surface area (Å²) in [5.41, 5.74) is -0.218. The predicted molar refractivity (Wildman–Crippen MR) is 88.5 cm³/mol. The van der Waals surface area contributed by atoms with Gasteiger partial charge in [0.05, 0.1) is 11.6 Å². The third-order valence-electron chi connectivity index (χ3n) is 5.44. The molecule has 1 saturated carbocycles. The van der Waals surface area contributed by atoms with Gasteiger partial charge in [0.25, 0.3) is 5.91 Å². The van der Waals surface area contributed by atoms with E-state index in [1.165, 1.54) is 0 Å². The molecule has 1 aliphatic carbocycles. The summed E-state index contributed by atoms with van der Waals surface area (Å²) in [4.78, 5) is 14.4. The van der Waals surface area contributed by atoms with Crippen molar-refractivity contribution in [2.45, 2.75) is 77.0 Å². The Hall–Kier alpha value is -1.66. The molecule has 2 aliphatic rings. The molecule has 0 bridgehead atoms. The maximum absolute atomic E-state index is 14.1. The first-order valence-electron chi connectivity index (χ1n) is 9.02. The van der Waals surface area contributed by atoms with Crippen molar-refractivity contribution >= 4 is 11.9 Å². The Bertz CT molecular complexity index is 583. The topological polar surface area (TPSA) is 71.3 Å². The monoisotopic (exact) mass is 338 g/mol. The van der Waals surface area contributed by atoms with Crippen LogP contribution in [0.5, 0.6) is 0 Å². The number of halogens is 1. The van der Waals surface area contributed by atoms with Crippen LogP contribution in [0.25, 0.3) is 0 Å². The van der Waals surface area contributed by atoms with Gasteiger partial charge < -0.3 is 14.6 Å². The lowest BCUT2D eigenvalue weighted by atomic mass is 9.88. The molecule has 1 amide bonds. The van der Waals surface area contributed by atoms with Crippen LogP contribution in [0.15, 0.2) is 4.42 Å². The molecule has 1 aliphatic heterocycles. The summed E-state index contributed by atoms with van der Waals surface area (Å²) in [6, 6.07) is 0.465. The van der Waals surface area contributed by atoms with Crippen LogP contribution in [0.2, 0.25) is 0 Å². The van der Waals surface area contributed by atoms with E-state index in [9.17, 15) is 9.18 Å². The van der Waals surface area contributed by atoms with Gasteiger partial charge in [-0.3, -0.25) is 4.79 Å². The number of rotatable bonds is 5. The Kier molecular flexibility index (Phi) is 4.78. The zero-order valence-electron chi connectivity index (χ0n) is 14.7. The number of aromatic nitrogens is 2. The van der Waals surface area contributed by atoms with Crippen molar-refractivity contribution in [1.82, 2.24) is 15.5 Å². The van der Waals surface area contributed by atoms with E-state index in [0.717, 1.165) is 38.6 Å². The number of nitrogens with one attached hydrogen (secondary N) is 1. The van der Waals surface area contributed by atoms with Crippen molar-refractivity contribution in [3.05, 3.63) is 5.89 Å². The van der Waals surface area contributed by atoms with E-state index in [4.69, 9.17) is 4.42 Å². The van der Waals surface area contributed by atoms with Crippen molar-refractivity contribution in [1.29, 1.82) is 0 Å². The second kappa shape index (κ2) is 6.69. The van der Waals surface area contributed by atoms with Gasteiger partial charge in [0.15, 0.2) is 6.17 Å². The second-order valence-electron chi connectivity index (χ2n) is 7.29. The highest BCUT2D eigenvalue weighted by Crippen LogP contribution is 2.45. The van der Waals surface area contributed by atoms with Crippen LogP contribution in [-0.4, -0.2) is 40.4 Å². The smallest absolute Gasteiger partial charge is 0.318 e. The third-order valence-corrected chi connectivity index (χ3v) is 5.44. The first-order chi connectivity index (χ1) is 11.5. The molecule has 2 fully saturated rings. The molecule has 2 atom stereocenters. The van der Waals surface area contributed by atoms with E-state index in [1.807, 2.05) is 6.92 Å². The second-order valence-corrected chi connectivity index (χ2v) is 7.29. The maximum Gasteiger partial charge on any atom is 0.318 e. The summed E-state index contributed by atoms with van der Waals surface area (Å²) in [6.07, 6.45) is 4.13. The number of carbonyl (C=O) groups is 1. The van der Waals surface area contributed by atoms with E-state index < -0.39 is 12.1 Å². The fourth-order valence-electron chi connectivity index (χ4n) is 4.09. The molecule has 134 valence electrons. The minimum Gasteiger partial charge on any atom is -0.408 e. The predicted octanol–water partition coefficient (Wildman–Crippen LogP) is 2.63. The Morgan fingerprint density at radius 2 is 2.12 bits per heavy atom. The van der Waals surface area contributed by atoms with Crippen LogP contribution in [0.1, 0.15) is 58.8 Å². The zero-order valence-corrected chi connectivity index (χ0v) is 14.7. The lowest BCUT2D eigenvalue weighted by Crippen LogP contribution is -2.56. The molecule has 6 nitrogen and oxygen atoms in total. The van der Waals surface area contributed by atoms with Gasteiger partial charge in [0, 0.05) is 13.0 Å². The number of carbonyl (C=O) groups excluding carboxylic acids is 1. The van der Waals surface area contributed by atoms with E-state index in [0.29, 0.717) is 18.3 Å². The molecular weight excluding hydrogens is 311 g/mol. The minimum absolute atomic E-state index is 0.0681. The quantitative estimate of drug-likeness (QED) is 0.893. The van der Waals surface area contributed by atoms with Crippen molar-refractivity contribution in [2.24, 2.45) is 5.92 Å². The summed E-state index contributed by atoms with van der Waals surface area (Å²) in [6.45, 7) is 6.17. The number of alkyl halides is 1. The Balaban J connectivity index is 1.80. The van der Waals surface area contributed by atoms with Crippen LogP contribution < -0.4 is 10.2 Å². The molecule has 1 saturated heterocycles. The number of aryl methyl sites for hydroxylation is 1. The van der Waals surface area contributed by atoms with Gasteiger partial charge >= 0.3 is 6.01 Å². The highest BCUT2D eigenvalue weighted by molar-refractivity contribution is 5.81. The summed E-state index contributed by atoms with van der Waals surface area (Å²) in [5, 5.41) is 11.2. The maximum atomic E-state index is 14.1. The normalized spacial score (nSPS) is 24.0. The van der Waals surface area contributed by atoms with Gasteiger partial charge in [-0.1, -0.05) is 38.7 Å². The van der Waals surface area contributed by atoms with Gasteiger partial charge in [-0.15, -0.1) is 5.10 Å². The number of anilines is 1. The molecule has 1 aromatic rings. The first kappa shape index (κ1) is 17.2. The summed E-state index contributed by atoms with van der Waals surface area (Å²) < 4.78 is 19.8. The third kappa shape index (κ3) is 2.89. The van der Waals surface area contributed by atoms with Crippen molar-refractivity contribution in [3.63, 3.8) is 0 Å². The van der Waals surface area contributed by atoms with Gasteiger partial charge in [-0.05, 0) is 25.2 Å². The number of nitrogens with zero attached hydrogens (tertiary/aromatic N) is 3. The standard InChI is InChI=1S/C17H27FN4O2/c1-4-13-20-21-16(24-13)22-10-7-12(17(22)8-5-6-9-17)19-15(23)14(18)11(2)3/h11-12,14H,4-10H2,1-3H3,(H,19,23). The molecule has 1 N–H and O–H groups in total. The minimum atomic E-state index is -1.47. The fraction of sp³-hybridized carbons (Fsp3) is 0.824. The molecular formula is C17H27FN4O2. The van der Waals surface area contributed by atoms with Crippen LogP contribution in [-0.2, 0) is 11.2 Å². The summed E-state index contributed by atoms with van der Waals surface area (Å²) >= 11 is 0. The number of amides is 1. The van der Waals surface area contributed by atoms with E-state index in [2.05, 4.69) is 20.4 Å². The largest absolute Gasteiger partial charge is 0.408 e. The molecule has 1 aromatic heterocycles. The lowest BCUT2D eigenvalue weighted by molar-refractivity contribution is -0.128. The molecule has 3 rings (SSSR count). The van der Waals surface area contributed by atoms with Crippen molar-refractivity contribution in [3.8, 4) is 0 Å². The average molecular weight is 338 g/mol. The summed E-state index contributed by atoms with van der Waals surface area (Å²) in [7, 11) is 0. The van der Waals surface area contributed by atoms with Crippen LogP contribution in [0, 0.1) is 5.92 Å². The molecule has 0 radical (unpaired) electrons. The van der Waals surface area contributed by atoms with Crippen molar-refractivity contribution < 1.29 is 13.6 Å². The van der Waals surface area contributed by atoms with Crippen LogP contribution in [0.3, 0.4) is 0 Å². The molecule has 24 heavy (non-hydrogen) atoms. The van der Waals surface area contributed by atoms with Crippen LogP contribution in [0.4, 0.5) is 10.4 Å². The number of hydrogen-bond donors (Lipinski definition) is 1. The van der Waals surface area contributed by atoms with E-state index in [1.54, 1.807) is 13.8 Å². The van der Waals surface area contributed by atoms with Gasteiger partial charge in [0.2, 0.25) is 5.89 Å². The van der Waals surface area contributed by atoms with E-state index in [-0.39, 0.29) is 17.5 Å². The van der Waals surface area contributed by atoms with Gasteiger partial charge in [0.1, 0.15) is 0 Å². The van der Waals surface area contributed by atoms with Gasteiger partial charge in [-0.2, -0.15) is 0 Å². The van der Waals surface area contributed by atoms with E-state index >= 15 is 0 Å². The average Bonchev–Trinajstić information content (AvgIpc) is 3.29. The van der Waals surface area contributed by atoms with Crippen molar-refractivity contribution in [2.75, 3.05) is 11.4 Å². The fourth-order valence-corrected chi connectivity index (χ4v) is 4.09. The van der Waals surface area contributed by atoms with Crippen LogP contribution >= 0.6 is 0 Å². The SMILES string of the molecule is CCc1nnc(N2CCC(NC(=O)C(F)C(C)C)C23CCCC3)o1. The highest BCUT2D eigenvalue weighted by atomic mass is 19.1. The molecule has 2 heterocycles. The Labute approximate surface area is 142 Å². The number of hydrogen-bond acceptors (Lipinski definition) is 5. The first-order valence-corrected chi connectivity index (χ1v) is 9.02. The summed E-state index contributed by atoms with van der Waals surface area (Å²) in [5.74, 6) is -0.192.